The highest BCUT2D eigenvalue weighted by Gasteiger charge is 2.29. The van der Waals surface area contributed by atoms with E-state index in [1.165, 1.54) is 0 Å². The normalized spacial score (nSPS) is 12.3. The Labute approximate surface area is 292 Å². The third kappa shape index (κ3) is 12.3. The Morgan fingerprint density at radius 1 is 1.18 bits per heavy atom. The number of carboxylic acid groups (broad SMARTS) is 1. The van der Waals surface area contributed by atoms with Gasteiger partial charge in [-0.25, -0.2) is 19.1 Å². The van der Waals surface area contributed by atoms with Crippen LogP contribution in [-0.4, -0.2) is 87.4 Å². The van der Waals surface area contributed by atoms with Gasteiger partial charge in [0.25, 0.3) is 11.7 Å². The SMILES string of the molecule is CC[n+]1c(CNC(=O)c2nc(Cl)c(N)nc2N)n(C[C@H](C)O)c2cc(OCCN(CP(C)(C)=O)C(=O)CC(C)C)ccc21.O=C([O-])C(F)(F)F. The molecule has 2 amide bonds. The van der Waals surface area contributed by atoms with Crippen LogP contribution >= 0.6 is 18.7 Å². The molecule has 278 valence electrons. The predicted octanol–water partition coefficient (Wildman–Crippen LogP) is 2.00. The van der Waals surface area contributed by atoms with Crippen molar-refractivity contribution in [2.24, 2.45) is 5.92 Å². The molecule has 0 saturated carbocycles. The zero-order valence-corrected chi connectivity index (χ0v) is 30.2. The van der Waals surface area contributed by atoms with Gasteiger partial charge in [0.1, 0.15) is 38.6 Å². The number of fused-ring (bicyclic) bond motifs is 1. The highest BCUT2D eigenvalue weighted by molar-refractivity contribution is 7.62. The molecule has 0 bridgehead atoms. The van der Waals surface area contributed by atoms with Crippen LogP contribution in [-0.2, 0) is 33.8 Å². The number of anilines is 2. The monoisotopic (exact) mass is 750 g/mol. The predicted molar refractivity (Wildman–Crippen MR) is 179 cm³/mol. The molecule has 2 heterocycles. The molecule has 20 heteroatoms. The van der Waals surface area contributed by atoms with Gasteiger partial charge in [0, 0.05) is 12.5 Å². The Kier molecular flexibility index (Phi) is 14.9. The summed E-state index contributed by atoms with van der Waals surface area (Å²) in [6, 6.07) is 5.61. The van der Waals surface area contributed by atoms with Crippen LogP contribution < -0.4 is 31.2 Å². The second-order valence-electron chi connectivity index (χ2n) is 12.2. The number of aryl methyl sites for hydroxylation is 1. The lowest BCUT2D eigenvalue weighted by atomic mass is 10.1. The zero-order valence-electron chi connectivity index (χ0n) is 28.6. The first kappa shape index (κ1) is 42.0. The van der Waals surface area contributed by atoms with E-state index in [0.29, 0.717) is 25.3 Å². The number of imidazole rings is 1. The molecule has 3 aromatic rings. The topological polar surface area (TPSA) is 223 Å². The van der Waals surface area contributed by atoms with Crippen molar-refractivity contribution >= 4 is 59.2 Å². The van der Waals surface area contributed by atoms with Crippen molar-refractivity contribution in [3.63, 3.8) is 0 Å². The number of benzene rings is 1. The number of carboxylic acids is 1. The van der Waals surface area contributed by atoms with Crippen molar-refractivity contribution in [2.75, 3.05) is 44.2 Å². The van der Waals surface area contributed by atoms with Gasteiger partial charge < -0.3 is 46.0 Å². The number of rotatable bonds is 14. The zero-order chi connectivity index (χ0) is 38.1. The van der Waals surface area contributed by atoms with Gasteiger partial charge in [-0.2, -0.15) is 13.2 Å². The van der Waals surface area contributed by atoms with E-state index < -0.39 is 31.3 Å². The average molecular weight is 751 g/mol. The van der Waals surface area contributed by atoms with Crippen LogP contribution in [0.25, 0.3) is 11.0 Å². The van der Waals surface area contributed by atoms with Gasteiger partial charge in [0.2, 0.25) is 5.91 Å². The lowest BCUT2D eigenvalue weighted by Crippen LogP contribution is -2.41. The van der Waals surface area contributed by atoms with Crippen LogP contribution in [0.5, 0.6) is 5.75 Å². The van der Waals surface area contributed by atoms with E-state index in [4.69, 9.17) is 37.7 Å². The first-order chi connectivity index (χ1) is 23.0. The van der Waals surface area contributed by atoms with Crippen molar-refractivity contribution in [1.29, 1.82) is 0 Å². The van der Waals surface area contributed by atoms with E-state index in [0.717, 1.165) is 16.9 Å². The average Bonchev–Trinajstić information content (AvgIpc) is 3.26. The summed E-state index contributed by atoms with van der Waals surface area (Å²) < 4.78 is 54.0. The third-order valence-electron chi connectivity index (χ3n) is 6.75. The molecule has 0 spiro atoms. The Morgan fingerprint density at radius 3 is 2.32 bits per heavy atom. The maximum absolute atomic E-state index is 12.9. The fourth-order valence-electron chi connectivity index (χ4n) is 4.76. The minimum absolute atomic E-state index is 0.0477. The molecule has 0 fully saturated rings. The van der Waals surface area contributed by atoms with Crippen LogP contribution in [0.3, 0.4) is 0 Å². The number of nitrogen functional groups attached to an aromatic ring is 2. The maximum atomic E-state index is 12.9. The van der Waals surface area contributed by atoms with Crippen molar-refractivity contribution in [2.45, 2.75) is 66.0 Å². The van der Waals surface area contributed by atoms with E-state index in [9.17, 15) is 32.4 Å². The number of hydrogen-bond donors (Lipinski definition) is 4. The Hall–Kier alpha value is -4.15. The molecule has 15 nitrogen and oxygen atoms in total. The number of hydrogen-bond acceptors (Lipinski definition) is 11. The molecule has 2 aromatic heterocycles. The minimum atomic E-state index is -5.19. The number of alkyl halides is 3. The van der Waals surface area contributed by atoms with E-state index in [1.54, 1.807) is 25.2 Å². The molecule has 0 aliphatic carbocycles. The van der Waals surface area contributed by atoms with Crippen LogP contribution in [0.15, 0.2) is 18.2 Å². The summed E-state index contributed by atoms with van der Waals surface area (Å²) in [6.45, 7) is 12.4. The molecular weight excluding hydrogens is 708 g/mol. The van der Waals surface area contributed by atoms with Crippen LogP contribution in [0.1, 0.15) is 50.4 Å². The lowest BCUT2D eigenvalue weighted by Gasteiger charge is -2.25. The van der Waals surface area contributed by atoms with Gasteiger partial charge in [-0.3, -0.25) is 9.59 Å². The van der Waals surface area contributed by atoms with Gasteiger partial charge in [-0.05, 0) is 45.2 Å². The number of carbonyl (C=O) groups is 3. The molecule has 1 aromatic carbocycles. The standard InChI is InChI=1S/C28H42ClN8O5P.C2HF3O2/c1-7-36-20-9-8-19(42-11-10-35(16-43(5,6)41)23(39)12-17(2)3)13-21(20)37(15-18(4)38)22(36)14-32-28(40)24-26(30)34-27(31)25(29)33-24;3-2(4,5)1(6)7/h8-9,13,17-18,38H,7,10-12,14-16H2,1-6H3,(H4-,30,31,32,34,40);(H,6,7)/t18-;/m0./s1. The van der Waals surface area contributed by atoms with Gasteiger partial charge in [-0.1, -0.05) is 25.4 Å². The molecule has 0 unspecified atom stereocenters. The van der Waals surface area contributed by atoms with E-state index in [2.05, 4.69) is 15.3 Å². The molecule has 0 radical (unpaired) electrons. The fraction of sp³-hybridized carbons (Fsp3) is 0.533. The molecule has 3 rings (SSSR count). The van der Waals surface area contributed by atoms with Gasteiger partial charge in [-0.15, -0.1) is 0 Å². The number of amides is 2. The quantitative estimate of drug-likeness (QED) is 0.138. The lowest BCUT2D eigenvalue weighted by molar-refractivity contribution is -0.676. The first-order valence-electron chi connectivity index (χ1n) is 15.4. The Morgan fingerprint density at radius 2 is 1.80 bits per heavy atom. The summed E-state index contributed by atoms with van der Waals surface area (Å²) in [5, 5.41) is 21.8. The van der Waals surface area contributed by atoms with Gasteiger partial charge >= 0.3 is 6.18 Å². The smallest absolute Gasteiger partial charge is 0.430 e. The van der Waals surface area contributed by atoms with E-state index >= 15 is 0 Å². The number of ether oxygens (including phenoxy) is 1. The second kappa shape index (κ2) is 17.7. The van der Waals surface area contributed by atoms with Crippen LogP contribution in [0, 0.1) is 5.92 Å². The Balaban J connectivity index is 0.00000112. The number of halogens is 4. The summed E-state index contributed by atoms with van der Waals surface area (Å²) >= 11 is 5.95. The summed E-state index contributed by atoms with van der Waals surface area (Å²) in [5.74, 6) is -2.35. The number of nitrogens with zero attached hydrogens (tertiary/aromatic N) is 5. The van der Waals surface area contributed by atoms with Gasteiger partial charge in [0.05, 0.1) is 25.5 Å². The first-order valence-corrected chi connectivity index (χ1v) is 18.5. The third-order valence-corrected chi connectivity index (χ3v) is 8.05. The molecule has 50 heavy (non-hydrogen) atoms. The van der Waals surface area contributed by atoms with Gasteiger partial charge in [0.15, 0.2) is 33.5 Å². The van der Waals surface area contributed by atoms with Crippen molar-refractivity contribution < 1.29 is 51.6 Å². The highest BCUT2D eigenvalue weighted by Crippen LogP contribution is 2.36. The number of carbonyl (C=O) groups excluding carboxylic acids is 3. The molecule has 1 atom stereocenters. The molecule has 6 N–H and O–H groups in total. The second-order valence-corrected chi connectivity index (χ2v) is 16.0. The number of nitrogens with two attached hydrogens (primary N) is 2. The summed E-state index contributed by atoms with van der Waals surface area (Å²) in [6.07, 6.45) is -5.31. The van der Waals surface area contributed by atoms with Crippen molar-refractivity contribution in [3.8, 4) is 5.75 Å². The van der Waals surface area contributed by atoms with E-state index in [-0.39, 0.29) is 60.3 Å². The number of aliphatic hydroxyl groups excluding tert-OH is 1. The Bertz CT molecular complexity index is 1730. The minimum Gasteiger partial charge on any atom is -0.542 e. The number of aromatic nitrogens is 4. The van der Waals surface area contributed by atoms with Crippen LogP contribution in [0.2, 0.25) is 5.15 Å². The molecule has 0 aliphatic rings. The summed E-state index contributed by atoms with van der Waals surface area (Å²) in [7, 11) is -2.47. The number of aliphatic hydroxyl groups is 1. The molecule has 0 aliphatic heterocycles. The van der Waals surface area contributed by atoms with Crippen molar-refractivity contribution in [1.82, 2.24) is 24.8 Å². The summed E-state index contributed by atoms with van der Waals surface area (Å²) in [4.78, 5) is 44.0. The van der Waals surface area contributed by atoms with Crippen LogP contribution in [0.4, 0.5) is 24.8 Å². The number of aliphatic carboxylic acids is 1. The summed E-state index contributed by atoms with van der Waals surface area (Å²) in [5.41, 5.74) is 13.0. The maximum Gasteiger partial charge on any atom is 0.430 e. The highest BCUT2D eigenvalue weighted by atomic mass is 35.5. The number of nitrogens with one attached hydrogen (secondary N) is 1. The van der Waals surface area contributed by atoms with Crippen molar-refractivity contribution in [3.05, 3.63) is 34.9 Å². The molecular formula is C30H43ClF3N8O7P. The molecule has 0 saturated heterocycles. The fourth-order valence-corrected chi connectivity index (χ4v) is 6.01. The van der Waals surface area contributed by atoms with E-state index in [1.807, 2.05) is 48.1 Å². The largest absolute Gasteiger partial charge is 0.542 e.